The molecule has 0 saturated heterocycles. The molecular weight excluding hydrogens is 280 g/mol. The SMILES string of the molecule is Cc1cc(OCC(=O)NNC(=O)[C@@H]2C[C@H]2C)ccc1Cl. The van der Waals surface area contributed by atoms with Gasteiger partial charge in [-0.25, -0.2) is 0 Å². The van der Waals surface area contributed by atoms with Crippen LogP contribution in [0.4, 0.5) is 0 Å². The van der Waals surface area contributed by atoms with Crippen LogP contribution in [0.5, 0.6) is 5.75 Å². The summed E-state index contributed by atoms with van der Waals surface area (Å²) < 4.78 is 5.31. The third kappa shape index (κ3) is 3.87. The van der Waals surface area contributed by atoms with Crippen LogP contribution in [0.25, 0.3) is 0 Å². The molecular formula is C14H17ClN2O3. The number of carbonyl (C=O) groups is 2. The van der Waals surface area contributed by atoms with Gasteiger partial charge in [0.15, 0.2) is 6.61 Å². The Morgan fingerprint density at radius 3 is 2.70 bits per heavy atom. The van der Waals surface area contributed by atoms with E-state index in [2.05, 4.69) is 10.9 Å². The van der Waals surface area contributed by atoms with Crippen LogP contribution in [0.15, 0.2) is 18.2 Å². The summed E-state index contributed by atoms with van der Waals surface area (Å²) in [5, 5.41) is 0.646. The summed E-state index contributed by atoms with van der Waals surface area (Å²) in [7, 11) is 0. The van der Waals surface area contributed by atoms with E-state index < -0.39 is 5.91 Å². The minimum Gasteiger partial charge on any atom is -0.484 e. The number of hydrogen-bond donors (Lipinski definition) is 2. The maximum Gasteiger partial charge on any atom is 0.276 e. The number of ether oxygens (including phenoxy) is 1. The number of nitrogens with one attached hydrogen (secondary N) is 2. The number of benzene rings is 1. The van der Waals surface area contributed by atoms with Gasteiger partial charge in [0.25, 0.3) is 5.91 Å². The van der Waals surface area contributed by atoms with Crippen molar-refractivity contribution in [3.8, 4) is 5.75 Å². The highest BCUT2D eigenvalue weighted by Gasteiger charge is 2.39. The quantitative estimate of drug-likeness (QED) is 0.833. The van der Waals surface area contributed by atoms with Crippen molar-refractivity contribution in [1.82, 2.24) is 10.9 Å². The van der Waals surface area contributed by atoms with Crippen LogP contribution < -0.4 is 15.6 Å². The van der Waals surface area contributed by atoms with Gasteiger partial charge in [-0.1, -0.05) is 18.5 Å². The van der Waals surface area contributed by atoms with Gasteiger partial charge in [0.05, 0.1) is 0 Å². The van der Waals surface area contributed by atoms with Gasteiger partial charge < -0.3 is 4.74 Å². The first-order valence-corrected chi connectivity index (χ1v) is 6.83. The predicted molar refractivity (Wildman–Crippen MR) is 75.2 cm³/mol. The van der Waals surface area contributed by atoms with Crippen molar-refractivity contribution in [1.29, 1.82) is 0 Å². The third-order valence-electron chi connectivity index (χ3n) is 3.27. The highest BCUT2D eigenvalue weighted by atomic mass is 35.5. The Morgan fingerprint density at radius 1 is 1.40 bits per heavy atom. The molecule has 1 aliphatic rings. The standard InChI is InChI=1S/C14H17ClN2O3/c1-8-6-11(8)14(19)17-16-13(18)7-20-10-3-4-12(15)9(2)5-10/h3-5,8,11H,6-7H2,1-2H3,(H,16,18)(H,17,19)/t8-,11-/m1/s1. The van der Waals surface area contributed by atoms with Crippen LogP contribution in [0.3, 0.4) is 0 Å². The van der Waals surface area contributed by atoms with Crippen LogP contribution in [0.1, 0.15) is 18.9 Å². The second-order valence-electron chi connectivity index (χ2n) is 5.06. The Morgan fingerprint density at radius 2 is 2.10 bits per heavy atom. The van der Waals surface area contributed by atoms with E-state index >= 15 is 0 Å². The molecule has 2 amide bonds. The van der Waals surface area contributed by atoms with Gasteiger partial charge in [-0.3, -0.25) is 20.4 Å². The number of amides is 2. The number of hydrogen-bond acceptors (Lipinski definition) is 3. The Labute approximate surface area is 122 Å². The van der Waals surface area contributed by atoms with Crippen molar-refractivity contribution in [2.45, 2.75) is 20.3 Å². The van der Waals surface area contributed by atoms with E-state index in [-0.39, 0.29) is 18.4 Å². The first-order chi connectivity index (χ1) is 9.47. The largest absolute Gasteiger partial charge is 0.484 e. The van der Waals surface area contributed by atoms with Gasteiger partial charge in [-0.2, -0.15) is 0 Å². The van der Waals surface area contributed by atoms with Crippen molar-refractivity contribution < 1.29 is 14.3 Å². The monoisotopic (exact) mass is 296 g/mol. The lowest BCUT2D eigenvalue weighted by molar-refractivity contribution is -0.130. The lowest BCUT2D eigenvalue weighted by atomic mass is 10.2. The minimum atomic E-state index is -0.403. The molecule has 2 rings (SSSR count). The summed E-state index contributed by atoms with van der Waals surface area (Å²) in [6.45, 7) is 3.69. The number of hydrazine groups is 1. The van der Waals surface area contributed by atoms with Gasteiger partial charge in [-0.15, -0.1) is 0 Å². The average molecular weight is 297 g/mol. The van der Waals surface area contributed by atoms with E-state index in [9.17, 15) is 9.59 Å². The maximum absolute atomic E-state index is 11.5. The molecule has 6 heteroatoms. The smallest absolute Gasteiger partial charge is 0.276 e. The molecule has 0 spiro atoms. The molecule has 0 unspecified atom stereocenters. The molecule has 20 heavy (non-hydrogen) atoms. The molecule has 1 aromatic carbocycles. The highest BCUT2D eigenvalue weighted by Crippen LogP contribution is 2.37. The van der Waals surface area contributed by atoms with Crippen LogP contribution in [0.2, 0.25) is 5.02 Å². The van der Waals surface area contributed by atoms with E-state index in [1.165, 1.54) is 0 Å². The van der Waals surface area contributed by atoms with Crippen LogP contribution in [-0.2, 0) is 9.59 Å². The van der Waals surface area contributed by atoms with E-state index in [1.54, 1.807) is 18.2 Å². The molecule has 108 valence electrons. The molecule has 0 radical (unpaired) electrons. The molecule has 0 aliphatic heterocycles. The number of carbonyl (C=O) groups excluding carboxylic acids is 2. The van der Waals surface area contributed by atoms with Crippen molar-refractivity contribution in [2.75, 3.05) is 6.61 Å². The second kappa shape index (κ2) is 6.13. The molecule has 1 saturated carbocycles. The Kier molecular flexibility index (Phi) is 4.49. The fraction of sp³-hybridized carbons (Fsp3) is 0.429. The number of halogens is 1. The van der Waals surface area contributed by atoms with Crippen LogP contribution in [0, 0.1) is 18.8 Å². The third-order valence-corrected chi connectivity index (χ3v) is 3.69. The number of aryl methyl sites for hydroxylation is 1. The van der Waals surface area contributed by atoms with E-state index in [1.807, 2.05) is 13.8 Å². The fourth-order valence-corrected chi connectivity index (χ4v) is 1.92. The van der Waals surface area contributed by atoms with E-state index in [0.29, 0.717) is 16.7 Å². The Bertz CT molecular complexity index is 533. The summed E-state index contributed by atoms with van der Waals surface area (Å²) in [5.41, 5.74) is 5.60. The molecule has 0 bridgehead atoms. The zero-order valence-corrected chi connectivity index (χ0v) is 12.2. The van der Waals surface area contributed by atoms with Crippen molar-refractivity contribution in [2.24, 2.45) is 11.8 Å². The van der Waals surface area contributed by atoms with E-state index in [0.717, 1.165) is 12.0 Å². The zero-order chi connectivity index (χ0) is 14.7. The first kappa shape index (κ1) is 14.7. The molecule has 5 nitrogen and oxygen atoms in total. The molecule has 1 aliphatic carbocycles. The number of rotatable bonds is 4. The van der Waals surface area contributed by atoms with Crippen molar-refractivity contribution in [3.05, 3.63) is 28.8 Å². The zero-order valence-electron chi connectivity index (χ0n) is 11.4. The summed E-state index contributed by atoms with van der Waals surface area (Å²) >= 11 is 5.89. The highest BCUT2D eigenvalue weighted by molar-refractivity contribution is 6.31. The van der Waals surface area contributed by atoms with Gasteiger partial charge >= 0.3 is 0 Å². The minimum absolute atomic E-state index is 0.0233. The second-order valence-corrected chi connectivity index (χ2v) is 5.46. The summed E-state index contributed by atoms with van der Waals surface area (Å²) in [5.74, 6) is 0.437. The summed E-state index contributed by atoms with van der Waals surface area (Å²) in [4.78, 5) is 23.0. The predicted octanol–water partition coefficient (Wildman–Crippen LogP) is 1.83. The summed E-state index contributed by atoms with van der Waals surface area (Å²) in [6, 6.07) is 5.15. The Balaban J connectivity index is 1.72. The lowest BCUT2D eigenvalue weighted by Crippen LogP contribution is -2.44. The van der Waals surface area contributed by atoms with E-state index in [4.69, 9.17) is 16.3 Å². The van der Waals surface area contributed by atoms with Gasteiger partial charge in [0.1, 0.15) is 5.75 Å². The van der Waals surface area contributed by atoms with Gasteiger partial charge in [0, 0.05) is 10.9 Å². The summed E-state index contributed by atoms with van der Waals surface area (Å²) in [6.07, 6.45) is 0.877. The van der Waals surface area contributed by atoms with Crippen LogP contribution >= 0.6 is 11.6 Å². The molecule has 1 aromatic rings. The molecule has 0 heterocycles. The first-order valence-electron chi connectivity index (χ1n) is 6.45. The van der Waals surface area contributed by atoms with Crippen LogP contribution in [-0.4, -0.2) is 18.4 Å². The fourth-order valence-electron chi connectivity index (χ4n) is 1.80. The van der Waals surface area contributed by atoms with Crippen molar-refractivity contribution in [3.63, 3.8) is 0 Å². The lowest BCUT2D eigenvalue weighted by Gasteiger charge is -2.09. The normalized spacial score (nSPS) is 20.1. The maximum atomic E-state index is 11.5. The molecule has 0 aromatic heterocycles. The molecule has 1 fully saturated rings. The topological polar surface area (TPSA) is 67.4 Å². The molecule has 2 N–H and O–H groups in total. The van der Waals surface area contributed by atoms with Gasteiger partial charge in [0.2, 0.25) is 5.91 Å². The van der Waals surface area contributed by atoms with Crippen molar-refractivity contribution >= 4 is 23.4 Å². The Hall–Kier alpha value is -1.75. The average Bonchev–Trinajstić information content (AvgIpc) is 3.14. The van der Waals surface area contributed by atoms with Gasteiger partial charge in [-0.05, 0) is 43.0 Å². The molecule has 2 atom stereocenters.